The van der Waals surface area contributed by atoms with Crippen LogP contribution in [0.3, 0.4) is 0 Å². The molecule has 6 nitrogen and oxygen atoms in total. The zero-order chi connectivity index (χ0) is 23.7. The summed E-state index contributed by atoms with van der Waals surface area (Å²) >= 11 is 0. The lowest BCUT2D eigenvalue weighted by Crippen LogP contribution is -2.34. The summed E-state index contributed by atoms with van der Waals surface area (Å²) in [6.07, 6.45) is 1.89. The van der Waals surface area contributed by atoms with Crippen LogP contribution in [0.15, 0.2) is 66.7 Å². The van der Waals surface area contributed by atoms with Gasteiger partial charge >= 0.3 is 0 Å². The van der Waals surface area contributed by atoms with Crippen molar-refractivity contribution in [3.63, 3.8) is 0 Å². The summed E-state index contributed by atoms with van der Waals surface area (Å²) in [6, 6.07) is 20.5. The maximum absolute atomic E-state index is 14.3. The Morgan fingerprint density at radius 2 is 1.82 bits per heavy atom. The van der Waals surface area contributed by atoms with Crippen LogP contribution in [0.25, 0.3) is 11.0 Å². The predicted octanol–water partition coefficient (Wildman–Crippen LogP) is 4.69. The van der Waals surface area contributed by atoms with E-state index in [0.717, 1.165) is 37.0 Å². The number of H-pyrrole nitrogens is 1. The number of aromatic amines is 1. The quantitative estimate of drug-likeness (QED) is 0.396. The highest BCUT2D eigenvalue weighted by atomic mass is 19.1. The molecule has 2 N–H and O–H groups in total. The number of hydrogen-bond donors (Lipinski definition) is 2. The number of hydrogen-bond acceptors (Lipinski definition) is 4. The fourth-order valence-corrected chi connectivity index (χ4v) is 4.49. The highest BCUT2D eigenvalue weighted by molar-refractivity contribution is 6.24. The molecule has 0 saturated heterocycles. The number of fused-ring (bicyclic) bond motifs is 2. The number of carbonyl (C=O) groups is 2. The van der Waals surface area contributed by atoms with Gasteiger partial charge in [0, 0.05) is 6.54 Å². The van der Waals surface area contributed by atoms with Crippen LogP contribution in [0.4, 0.5) is 10.1 Å². The van der Waals surface area contributed by atoms with Gasteiger partial charge in [-0.3, -0.25) is 9.59 Å². The molecular weight excluding hydrogens is 431 g/mol. The van der Waals surface area contributed by atoms with Crippen molar-refractivity contribution in [3.05, 3.63) is 95.1 Å². The summed E-state index contributed by atoms with van der Waals surface area (Å²) in [5, 5.41) is 2.63. The van der Waals surface area contributed by atoms with E-state index in [1.807, 2.05) is 24.3 Å². The Balaban J connectivity index is 1.28. The van der Waals surface area contributed by atoms with Crippen molar-refractivity contribution in [1.82, 2.24) is 14.9 Å². The molecule has 7 heteroatoms. The van der Waals surface area contributed by atoms with Gasteiger partial charge in [-0.15, -0.1) is 0 Å². The summed E-state index contributed by atoms with van der Waals surface area (Å²) in [7, 11) is 2.12. The van der Waals surface area contributed by atoms with Crippen molar-refractivity contribution >= 4 is 28.4 Å². The topological polar surface area (TPSA) is 78.1 Å². The van der Waals surface area contributed by atoms with E-state index in [1.165, 1.54) is 23.8 Å². The zero-order valence-electron chi connectivity index (χ0n) is 18.8. The summed E-state index contributed by atoms with van der Waals surface area (Å²) in [4.78, 5) is 35.5. The summed E-state index contributed by atoms with van der Waals surface area (Å²) < 4.78 is 14.3. The molecule has 3 aromatic carbocycles. The number of imidazole rings is 1. The lowest BCUT2D eigenvalue weighted by atomic mass is 9.90. The molecule has 0 radical (unpaired) electrons. The minimum Gasteiger partial charge on any atom is -0.341 e. The molecule has 5 rings (SSSR count). The van der Waals surface area contributed by atoms with Crippen LogP contribution < -0.4 is 5.32 Å². The number of halogens is 1. The van der Waals surface area contributed by atoms with E-state index in [9.17, 15) is 14.0 Å². The standard InChI is InChI=1S/C27H25FN4O2/c1-32(16-18-7-3-2-4-8-18)14-6-9-17-12-13-20-22(15-17)30-26(29-20)24-25(33)23-19(28)10-5-11-21(23)31-27(24)34/h2-5,7-8,10-13,15,24H,6,9,14,16H2,1H3,(H,29,30)(H,31,34). The fraction of sp³-hybridized carbons (Fsp3) is 0.222. The second kappa shape index (κ2) is 9.19. The Morgan fingerprint density at radius 3 is 2.65 bits per heavy atom. The minimum absolute atomic E-state index is 0.104. The largest absolute Gasteiger partial charge is 0.341 e. The SMILES string of the molecule is CN(CCCc1ccc2nc(C3C(=O)Nc4cccc(F)c4C3=O)[nH]c2c1)Cc1ccccc1. The maximum atomic E-state index is 14.3. The van der Waals surface area contributed by atoms with E-state index in [4.69, 9.17) is 0 Å². The van der Waals surface area contributed by atoms with Crippen molar-refractivity contribution in [3.8, 4) is 0 Å². The minimum atomic E-state index is -1.20. The molecule has 1 aliphatic heterocycles. The highest BCUT2D eigenvalue weighted by Crippen LogP contribution is 2.32. The van der Waals surface area contributed by atoms with Crippen molar-refractivity contribution in [2.75, 3.05) is 18.9 Å². The van der Waals surface area contributed by atoms with Crippen LogP contribution in [0, 0.1) is 5.82 Å². The van der Waals surface area contributed by atoms with E-state index in [2.05, 4.69) is 51.5 Å². The number of amides is 1. The molecule has 172 valence electrons. The number of rotatable bonds is 7. The number of benzene rings is 3. The van der Waals surface area contributed by atoms with E-state index in [-0.39, 0.29) is 17.1 Å². The molecule has 1 unspecified atom stereocenters. The Labute approximate surface area is 196 Å². The third kappa shape index (κ3) is 4.34. The van der Waals surface area contributed by atoms with Gasteiger partial charge in [-0.05, 0) is 61.8 Å². The molecule has 1 aromatic heterocycles. The number of ketones is 1. The number of aryl methyl sites for hydroxylation is 1. The molecule has 34 heavy (non-hydrogen) atoms. The van der Waals surface area contributed by atoms with E-state index >= 15 is 0 Å². The van der Waals surface area contributed by atoms with Gasteiger partial charge in [0.05, 0.1) is 22.3 Å². The first-order valence-corrected chi connectivity index (χ1v) is 11.3. The van der Waals surface area contributed by atoms with Gasteiger partial charge in [-0.2, -0.15) is 0 Å². The first-order valence-electron chi connectivity index (χ1n) is 11.3. The normalized spacial score (nSPS) is 15.6. The predicted molar refractivity (Wildman–Crippen MR) is 129 cm³/mol. The number of aromatic nitrogens is 2. The van der Waals surface area contributed by atoms with Crippen LogP contribution in [0.2, 0.25) is 0 Å². The van der Waals surface area contributed by atoms with Gasteiger partial charge in [-0.25, -0.2) is 9.37 Å². The van der Waals surface area contributed by atoms with Crippen molar-refractivity contribution < 1.29 is 14.0 Å². The van der Waals surface area contributed by atoms with E-state index < -0.39 is 23.4 Å². The second-order valence-corrected chi connectivity index (χ2v) is 8.75. The Kier molecular flexibility index (Phi) is 5.94. The van der Waals surface area contributed by atoms with Crippen LogP contribution in [-0.4, -0.2) is 40.2 Å². The molecule has 1 atom stereocenters. The fourth-order valence-electron chi connectivity index (χ4n) is 4.49. The number of Topliss-reactive ketones (excluding diaryl/α,β-unsaturated/α-hetero) is 1. The maximum Gasteiger partial charge on any atom is 0.243 e. The molecule has 0 fully saturated rings. The van der Waals surface area contributed by atoms with Gasteiger partial charge < -0.3 is 15.2 Å². The first-order chi connectivity index (χ1) is 16.5. The molecule has 1 aliphatic rings. The Bertz CT molecular complexity index is 1370. The van der Waals surface area contributed by atoms with Crippen LogP contribution in [0.5, 0.6) is 0 Å². The Hall–Kier alpha value is -3.84. The number of anilines is 1. The lowest BCUT2D eigenvalue weighted by Gasteiger charge is -2.22. The van der Waals surface area contributed by atoms with Gasteiger partial charge in [0.2, 0.25) is 5.91 Å². The average molecular weight is 457 g/mol. The summed E-state index contributed by atoms with van der Waals surface area (Å²) in [5.74, 6) is -2.72. The molecule has 0 aliphatic carbocycles. The molecule has 4 aromatic rings. The highest BCUT2D eigenvalue weighted by Gasteiger charge is 2.39. The van der Waals surface area contributed by atoms with Gasteiger partial charge in [0.15, 0.2) is 11.7 Å². The van der Waals surface area contributed by atoms with Crippen LogP contribution >= 0.6 is 0 Å². The van der Waals surface area contributed by atoms with Crippen LogP contribution in [-0.2, 0) is 17.8 Å². The van der Waals surface area contributed by atoms with E-state index in [0.29, 0.717) is 5.52 Å². The molecule has 1 amide bonds. The average Bonchev–Trinajstić information content (AvgIpc) is 3.22. The zero-order valence-corrected chi connectivity index (χ0v) is 18.8. The Morgan fingerprint density at radius 1 is 1.00 bits per heavy atom. The van der Waals surface area contributed by atoms with Crippen molar-refractivity contribution in [2.45, 2.75) is 25.3 Å². The number of nitrogens with zero attached hydrogens (tertiary/aromatic N) is 2. The number of nitrogens with one attached hydrogen (secondary N) is 2. The third-order valence-electron chi connectivity index (χ3n) is 6.18. The summed E-state index contributed by atoms with van der Waals surface area (Å²) in [5.41, 5.74) is 3.95. The van der Waals surface area contributed by atoms with E-state index in [1.54, 1.807) is 0 Å². The molecule has 2 heterocycles. The molecule has 0 saturated carbocycles. The third-order valence-corrected chi connectivity index (χ3v) is 6.18. The van der Waals surface area contributed by atoms with Crippen LogP contribution in [0.1, 0.15) is 39.6 Å². The van der Waals surface area contributed by atoms with Crippen molar-refractivity contribution in [2.24, 2.45) is 0 Å². The van der Waals surface area contributed by atoms with Gasteiger partial charge in [0.1, 0.15) is 11.6 Å². The van der Waals surface area contributed by atoms with Gasteiger partial charge in [0.25, 0.3) is 0 Å². The number of carbonyl (C=O) groups excluding carboxylic acids is 2. The molecule has 0 spiro atoms. The second-order valence-electron chi connectivity index (χ2n) is 8.75. The molecule has 0 bridgehead atoms. The van der Waals surface area contributed by atoms with Gasteiger partial charge in [-0.1, -0.05) is 42.5 Å². The monoisotopic (exact) mass is 456 g/mol. The first kappa shape index (κ1) is 22.0. The smallest absolute Gasteiger partial charge is 0.243 e. The van der Waals surface area contributed by atoms with Crippen molar-refractivity contribution in [1.29, 1.82) is 0 Å². The lowest BCUT2D eigenvalue weighted by molar-refractivity contribution is -0.116. The molecular formula is C27H25FN4O2. The summed E-state index contributed by atoms with van der Waals surface area (Å²) in [6.45, 7) is 1.87.